The van der Waals surface area contributed by atoms with E-state index in [1.165, 1.54) is 0 Å². The number of ether oxygens (including phenoxy) is 1. The molecule has 0 aromatic heterocycles. The Bertz CT molecular complexity index is 649. The number of rotatable bonds is 7. The molecule has 1 N–H and O–H groups in total. The van der Waals surface area contributed by atoms with Crippen molar-refractivity contribution in [2.75, 3.05) is 27.2 Å². The second-order valence-electron chi connectivity index (χ2n) is 7.02. The van der Waals surface area contributed by atoms with E-state index >= 15 is 0 Å². The second-order valence-corrected chi connectivity index (χ2v) is 7.02. The molecule has 0 radical (unpaired) electrons. The van der Waals surface area contributed by atoms with Crippen molar-refractivity contribution in [1.82, 2.24) is 10.2 Å². The van der Waals surface area contributed by atoms with Gasteiger partial charge >= 0.3 is 0 Å². The van der Waals surface area contributed by atoms with Gasteiger partial charge in [-0.15, -0.1) is 0 Å². The predicted octanol–water partition coefficient (Wildman–Crippen LogP) is 3.80. The van der Waals surface area contributed by atoms with Gasteiger partial charge < -0.3 is 15.0 Å². The lowest BCUT2D eigenvalue weighted by molar-refractivity contribution is 0.0929. The zero-order valence-corrected chi connectivity index (χ0v) is 14.9. The number of nitrogens with zero attached hydrogens (tertiary/aromatic N) is 1. The van der Waals surface area contributed by atoms with E-state index in [2.05, 4.69) is 24.1 Å². The highest BCUT2D eigenvalue weighted by Gasteiger charge is 2.20. The van der Waals surface area contributed by atoms with E-state index in [0.29, 0.717) is 17.9 Å². The van der Waals surface area contributed by atoms with Gasteiger partial charge in [-0.2, -0.15) is 0 Å². The van der Waals surface area contributed by atoms with Gasteiger partial charge in [0.05, 0.1) is 0 Å². The Labute approximate surface area is 144 Å². The highest BCUT2D eigenvalue weighted by molar-refractivity contribution is 5.94. The molecule has 0 saturated heterocycles. The Morgan fingerprint density at radius 1 is 1.00 bits per heavy atom. The maximum atomic E-state index is 12.3. The minimum absolute atomic E-state index is 0.0233. The van der Waals surface area contributed by atoms with Crippen molar-refractivity contribution in [1.29, 1.82) is 0 Å². The van der Waals surface area contributed by atoms with Crippen LogP contribution in [0.1, 0.15) is 24.2 Å². The molecule has 0 spiro atoms. The van der Waals surface area contributed by atoms with Crippen LogP contribution in [0.2, 0.25) is 0 Å². The van der Waals surface area contributed by atoms with Crippen molar-refractivity contribution in [2.24, 2.45) is 5.41 Å². The zero-order chi connectivity index (χ0) is 17.6. The minimum atomic E-state index is -0.0620. The summed E-state index contributed by atoms with van der Waals surface area (Å²) in [5.74, 6) is 1.43. The van der Waals surface area contributed by atoms with Crippen LogP contribution < -0.4 is 10.1 Å². The first kappa shape index (κ1) is 18.0. The molecule has 0 fully saturated rings. The molecular formula is C20H26N2O2. The third-order valence-corrected chi connectivity index (χ3v) is 3.57. The van der Waals surface area contributed by atoms with Gasteiger partial charge in [0.2, 0.25) is 0 Å². The molecule has 128 valence electrons. The number of amides is 1. The summed E-state index contributed by atoms with van der Waals surface area (Å²) in [4.78, 5) is 14.4. The van der Waals surface area contributed by atoms with E-state index in [1.807, 2.05) is 56.6 Å². The van der Waals surface area contributed by atoms with Crippen molar-refractivity contribution in [3.63, 3.8) is 0 Å². The Hall–Kier alpha value is -2.33. The van der Waals surface area contributed by atoms with Crippen LogP contribution in [0.3, 0.4) is 0 Å². The highest BCUT2D eigenvalue weighted by atomic mass is 16.5. The minimum Gasteiger partial charge on any atom is -0.457 e. The fraction of sp³-hybridized carbons (Fsp3) is 0.350. The molecule has 2 aromatic rings. The lowest BCUT2D eigenvalue weighted by Gasteiger charge is -2.28. The van der Waals surface area contributed by atoms with Gasteiger partial charge in [-0.05, 0) is 55.9 Å². The predicted molar refractivity (Wildman–Crippen MR) is 97.6 cm³/mol. The molecule has 0 saturated carbocycles. The lowest BCUT2D eigenvalue weighted by atomic mass is 9.93. The summed E-state index contributed by atoms with van der Waals surface area (Å²) >= 11 is 0. The van der Waals surface area contributed by atoms with Gasteiger partial charge in [0.15, 0.2) is 0 Å². The van der Waals surface area contributed by atoms with E-state index in [-0.39, 0.29) is 11.3 Å². The Kier molecular flexibility index (Phi) is 5.99. The maximum Gasteiger partial charge on any atom is 0.251 e. The van der Waals surface area contributed by atoms with E-state index in [0.717, 1.165) is 12.3 Å². The molecule has 0 bridgehead atoms. The molecule has 24 heavy (non-hydrogen) atoms. The summed E-state index contributed by atoms with van der Waals surface area (Å²) in [5.41, 5.74) is 0.659. The molecule has 0 aliphatic rings. The highest BCUT2D eigenvalue weighted by Crippen LogP contribution is 2.21. The normalized spacial score (nSPS) is 11.4. The van der Waals surface area contributed by atoms with Crippen LogP contribution >= 0.6 is 0 Å². The largest absolute Gasteiger partial charge is 0.457 e. The third-order valence-electron chi connectivity index (χ3n) is 3.57. The average molecular weight is 326 g/mol. The Morgan fingerprint density at radius 3 is 2.17 bits per heavy atom. The third kappa shape index (κ3) is 5.70. The SMILES string of the molecule is CN(C)CC(C)(C)CNC(=O)c1ccc(Oc2ccccc2)cc1. The van der Waals surface area contributed by atoms with Gasteiger partial charge in [0.1, 0.15) is 11.5 Å². The number of carbonyl (C=O) groups excluding carboxylic acids is 1. The standard InChI is InChI=1S/C20H26N2O2/c1-20(2,15-22(3)4)14-21-19(23)16-10-12-18(13-11-16)24-17-8-6-5-7-9-17/h5-13H,14-15H2,1-4H3,(H,21,23). The molecule has 4 heteroatoms. The molecule has 2 rings (SSSR count). The number of hydrogen-bond donors (Lipinski definition) is 1. The summed E-state index contributed by atoms with van der Waals surface area (Å²) in [5, 5.41) is 3.01. The Balaban J connectivity index is 1.91. The summed E-state index contributed by atoms with van der Waals surface area (Å²) in [6.45, 7) is 5.83. The van der Waals surface area contributed by atoms with Crippen LogP contribution in [0.15, 0.2) is 54.6 Å². The fourth-order valence-corrected chi connectivity index (χ4v) is 2.63. The van der Waals surface area contributed by atoms with Crippen LogP contribution in [-0.4, -0.2) is 38.0 Å². The van der Waals surface area contributed by atoms with Gasteiger partial charge in [-0.3, -0.25) is 4.79 Å². The van der Waals surface area contributed by atoms with E-state index < -0.39 is 0 Å². The maximum absolute atomic E-state index is 12.3. The monoisotopic (exact) mass is 326 g/mol. The number of hydrogen-bond acceptors (Lipinski definition) is 3. The van der Waals surface area contributed by atoms with Crippen molar-refractivity contribution in [2.45, 2.75) is 13.8 Å². The van der Waals surface area contributed by atoms with Crippen LogP contribution in [0.4, 0.5) is 0 Å². The summed E-state index contributed by atoms with van der Waals surface area (Å²) in [6.07, 6.45) is 0. The summed E-state index contributed by atoms with van der Waals surface area (Å²) < 4.78 is 5.73. The molecule has 1 amide bonds. The second kappa shape index (κ2) is 7.97. The summed E-state index contributed by atoms with van der Waals surface area (Å²) in [7, 11) is 4.07. The molecule has 0 atom stereocenters. The first-order chi connectivity index (χ1) is 11.4. The molecular weight excluding hydrogens is 300 g/mol. The fourth-order valence-electron chi connectivity index (χ4n) is 2.63. The number of para-hydroxylation sites is 1. The Morgan fingerprint density at radius 2 is 1.58 bits per heavy atom. The lowest BCUT2D eigenvalue weighted by Crippen LogP contribution is -2.39. The van der Waals surface area contributed by atoms with E-state index in [9.17, 15) is 4.79 Å². The van der Waals surface area contributed by atoms with E-state index in [4.69, 9.17) is 4.74 Å². The van der Waals surface area contributed by atoms with Crippen molar-refractivity contribution >= 4 is 5.91 Å². The van der Waals surface area contributed by atoms with Crippen molar-refractivity contribution < 1.29 is 9.53 Å². The molecule has 0 heterocycles. The number of nitrogens with one attached hydrogen (secondary N) is 1. The van der Waals surface area contributed by atoms with Crippen molar-refractivity contribution in [3.05, 3.63) is 60.2 Å². The molecule has 2 aromatic carbocycles. The molecule has 0 unspecified atom stereocenters. The van der Waals surface area contributed by atoms with Crippen LogP contribution in [0.25, 0.3) is 0 Å². The molecule has 0 aliphatic carbocycles. The van der Waals surface area contributed by atoms with E-state index in [1.54, 1.807) is 12.1 Å². The smallest absolute Gasteiger partial charge is 0.251 e. The number of carbonyl (C=O) groups is 1. The molecule has 4 nitrogen and oxygen atoms in total. The first-order valence-corrected chi connectivity index (χ1v) is 8.12. The van der Waals surface area contributed by atoms with Gasteiger partial charge in [0.25, 0.3) is 5.91 Å². The topological polar surface area (TPSA) is 41.6 Å². The molecule has 0 aliphatic heterocycles. The van der Waals surface area contributed by atoms with Gasteiger partial charge in [-0.1, -0.05) is 32.0 Å². The number of benzene rings is 2. The quantitative estimate of drug-likeness (QED) is 0.841. The van der Waals surface area contributed by atoms with Gasteiger partial charge in [0, 0.05) is 18.7 Å². The summed E-state index contributed by atoms with van der Waals surface area (Å²) in [6, 6.07) is 16.8. The first-order valence-electron chi connectivity index (χ1n) is 8.12. The van der Waals surface area contributed by atoms with Crippen molar-refractivity contribution in [3.8, 4) is 11.5 Å². The zero-order valence-electron chi connectivity index (χ0n) is 14.9. The van der Waals surface area contributed by atoms with Crippen LogP contribution in [-0.2, 0) is 0 Å². The van der Waals surface area contributed by atoms with Crippen LogP contribution in [0, 0.1) is 5.41 Å². The van der Waals surface area contributed by atoms with Crippen LogP contribution in [0.5, 0.6) is 11.5 Å². The average Bonchev–Trinajstić information content (AvgIpc) is 2.53. The van der Waals surface area contributed by atoms with Gasteiger partial charge in [-0.25, -0.2) is 0 Å².